The van der Waals surface area contributed by atoms with E-state index in [1.54, 1.807) is 41.5 Å². The molecule has 0 unspecified atom stereocenters. The summed E-state index contributed by atoms with van der Waals surface area (Å²) >= 11 is 0. The van der Waals surface area contributed by atoms with Gasteiger partial charge in [0.15, 0.2) is 0 Å². The van der Waals surface area contributed by atoms with E-state index in [4.69, 9.17) is 9.47 Å². The fourth-order valence-electron chi connectivity index (χ4n) is 2.03. The van der Waals surface area contributed by atoms with Gasteiger partial charge >= 0.3 is 12.1 Å². The van der Waals surface area contributed by atoms with Crippen LogP contribution in [0.2, 0.25) is 0 Å². The van der Waals surface area contributed by atoms with E-state index in [0.717, 1.165) is 5.56 Å². The van der Waals surface area contributed by atoms with Crippen LogP contribution >= 0.6 is 0 Å². The summed E-state index contributed by atoms with van der Waals surface area (Å²) in [6.07, 6.45) is 0.477. The van der Waals surface area contributed by atoms with Gasteiger partial charge in [0.05, 0.1) is 0 Å². The number of alkyl carbamates (subject to hydrolysis) is 1. The Kier molecular flexibility index (Phi) is 6.81. The van der Waals surface area contributed by atoms with Crippen molar-refractivity contribution < 1.29 is 19.1 Å². The van der Waals surface area contributed by atoms with Crippen molar-refractivity contribution in [1.82, 2.24) is 5.32 Å². The molecule has 0 heterocycles. The molecule has 5 heteroatoms. The summed E-state index contributed by atoms with van der Waals surface area (Å²) in [5.74, 6) is -0.454. The molecule has 134 valence electrons. The summed E-state index contributed by atoms with van der Waals surface area (Å²) in [5, 5.41) is 2.63. The molecule has 0 spiro atoms. The Bertz CT molecular complexity index is 541. The van der Waals surface area contributed by atoms with Crippen molar-refractivity contribution in [2.75, 3.05) is 0 Å². The highest BCUT2D eigenvalue weighted by Crippen LogP contribution is 2.13. The quantitative estimate of drug-likeness (QED) is 0.830. The van der Waals surface area contributed by atoms with Gasteiger partial charge in [-0.3, -0.25) is 0 Å². The predicted octanol–water partition coefficient (Wildman–Crippen LogP) is 3.85. The van der Waals surface area contributed by atoms with Crippen molar-refractivity contribution >= 4 is 12.1 Å². The number of aryl methyl sites for hydroxylation is 1. The standard InChI is InChI=1S/C19H29NO4/c1-18(2,3)23-16(21)15(20-17(22)24-19(4,5)6)13-12-14-10-8-7-9-11-14/h7-11,15H,12-13H2,1-6H3,(H,20,22)/t15-/m0/s1. The highest BCUT2D eigenvalue weighted by molar-refractivity contribution is 5.81. The van der Waals surface area contributed by atoms with E-state index in [2.05, 4.69) is 5.32 Å². The average Bonchev–Trinajstić information content (AvgIpc) is 2.40. The van der Waals surface area contributed by atoms with Crippen LogP contribution in [0.3, 0.4) is 0 Å². The number of hydrogen-bond donors (Lipinski definition) is 1. The summed E-state index contributed by atoms with van der Waals surface area (Å²) in [5.41, 5.74) is -0.142. The van der Waals surface area contributed by atoms with Gasteiger partial charge in [-0.15, -0.1) is 0 Å². The number of hydrogen-bond acceptors (Lipinski definition) is 4. The molecule has 0 aliphatic heterocycles. The van der Waals surface area contributed by atoms with Crippen molar-refractivity contribution in [3.63, 3.8) is 0 Å². The number of amides is 1. The Hall–Kier alpha value is -2.04. The molecule has 1 atom stereocenters. The second-order valence-electron chi connectivity index (χ2n) is 7.76. The first-order valence-corrected chi connectivity index (χ1v) is 8.22. The van der Waals surface area contributed by atoms with Crippen molar-refractivity contribution in [1.29, 1.82) is 0 Å². The van der Waals surface area contributed by atoms with Gasteiger partial charge in [-0.2, -0.15) is 0 Å². The molecule has 24 heavy (non-hydrogen) atoms. The van der Waals surface area contributed by atoms with Gasteiger partial charge in [0.1, 0.15) is 17.2 Å². The minimum absolute atomic E-state index is 0.443. The average molecular weight is 335 g/mol. The van der Waals surface area contributed by atoms with E-state index in [1.165, 1.54) is 0 Å². The monoisotopic (exact) mass is 335 g/mol. The Morgan fingerprint density at radius 3 is 2.00 bits per heavy atom. The minimum Gasteiger partial charge on any atom is -0.458 e. The zero-order valence-electron chi connectivity index (χ0n) is 15.5. The highest BCUT2D eigenvalue weighted by Gasteiger charge is 2.28. The summed E-state index contributed by atoms with van der Waals surface area (Å²) in [7, 11) is 0. The largest absolute Gasteiger partial charge is 0.458 e. The maximum absolute atomic E-state index is 12.4. The normalized spacial score (nSPS) is 13.1. The zero-order chi connectivity index (χ0) is 18.4. The molecule has 0 bridgehead atoms. The number of benzene rings is 1. The van der Waals surface area contributed by atoms with E-state index in [-0.39, 0.29) is 0 Å². The van der Waals surface area contributed by atoms with Crippen LogP contribution in [0.15, 0.2) is 30.3 Å². The summed E-state index contributed by atoms with van der Waals surface area (Å²) in [6, 6.07) is 9.05. The van der Waals surface area contributed by atoms with Crippen LogP contribution in [0, 0.1) is 0 Å². The Morgan fingerprint density at radius 2 is 1.50 bits per heavy atom. The third-order valence-corrected chi connectivity index (χ3v) is 2.95. The van der Waals surface area contributed by atoms with Gasteiger partial charge < -0.3 is 14.8 Å². The molecule has 1 N–H and O–H groups in total. The third kappa shape index (κ3) is 8.56. The van der Waals surface area contributed by atoms with E-state index >= 15 is 0 Å². The van der Waals surface area contributed by atoms with Gasteiger partial charge in [-0.25, -0.2) is 9.59 Å². The number of carbonyl (C=O) groups excluding carboxylic acids is 2. The molecule has 1 amide bonds. The lowest BCUT2D eigenvalue weighted by Gasteiger charge is -2.26. The Labute approximate surface area is 144 Å². The molecule has 1 aromatic carbocycles. The first-order valence-electron chi connectivity index (χ1n) is 8.22. The number of esters is 1. The van der Waals surface area contributed by atoms with Crippen molar-refractivity contribution in [2.24, 2.45) is 0 Å². The second-order valence-corrected chi connectivity index (χ2v) is 7.76. The van der Waals surface area contributed by atoms with Gasteiger partial charge in [0.25, 0.3) is 0 Å². The molecular weight excluding hydrogens is 306 g/mol. The van der Waals surface area contributed by atoms with Gasteiger partial charge in [-0.1, -0.05) is 30.3 Å². The van der Waals surface area contributed by atoms with E-state index in [9.17, 15) is 9.59 Å². The van der Waals surface area contributed by atoms with Crippen LogP contribution in [0.4, 0.5) is 4.79 Å². The predicted molar refractivity (Wildman–Crippen MR) is 93.8 cm³/mol. The summed E-state index contributed by atoms with van der Waals surface area (Å²) in [4.78, 5) is 24.4. The Balaban J connectivity index is 2.75. The first kappa shape index (κ1) is 20.0. The molecule has 0 saturated carbocycles. The Morgan fingerprint density at radius 1 is 0.958 bits per heavy atom. The molecule has 0 aliphatic rings. The minimum atomic E-state index is -0.751. The van der Waals surface area contributed by atoms with Crippen molar-refractivity contribution in [3.05, 3.63) is 35.9 Å². The lowest BCUT2D eigenvalue weighted by molar-refractivity contribution is -0.157. The number of carbonyl (C=O) groups is 2. The highest BCUT2D eigenvalue weighted by atomic mass is 16.6. The van der Waals surface area contributed by atoms with Crippen LogP contribution in [-0.2, 0) is 20.7 Å². The zero-order valence-corrected chi connectivity index (χ0v) is 15.5. The molecule has 0 saturated heterocycles. The summed E-state index contributed by atoms with van der Waals surface area (Å²) in [6.45, 7) is 10.7. The molecule has 1 rings (SSSR count). The molecule has 0 aromatic heterocycles. The smallest absolute Gasteiger partial charge is 0.408 e. The topological polar surface area (TPSA) is 64.6 Å². The van der Waals surface area contributed by atoms with E-state index < -0.39 is 29.3 Å². The SMILES string of the molecule is CC(C)(C)OC(=O)N[C@@H](CCc1ccccc1)C(=O)OC(C)(C)C. The van der Waals surface area contributed by atoms with Crippen LogP contribution in [-0.4, -0.2) is 29.3 Å². The first-order chi connectivity index (χ1) is 11.0. The van der Waals surface area contributed by atoms with Crippen LogP contribution in [0.5, 0.6) is 0 Å². The molecule has 0 fully saturated rings. The molecule has 0 radical (unpaired) electrons. The fraction of sp³-hybridized carbons (Fsp3) is 0.579. The van der Waals surface area contributed by atoms with Gasteiger partial charge in [-0.05, 0) is 59.9 Å². The molecule has 0 aliphatic carbocycles. The fourth-order valence-corrected chi connectivity index (χ4v) is 2.03. The molecular formula is C19H29NO4. The number of ether oxygens (including phenoxy) is 2. The van der Waals surface area contributed by atoms with Gasteiger partial charge in [0.2, 0.25) is 0 Å². The van der Waals surface area contributed by atoms with Crippen molar-refractivity contribution in [3.8, 4) is 0 Å². The number of rotatable bonds is 5. The van der Waals surface area contributed by atoms with Crippen LogP contribution < -0.4 is 5.32 Å². The maximum atomic E-state index is 12.4. The maximum Gasteiger partial charge on any atom is 0.408 e. The van der Waals surface area contributed by atoms with Crippen molar-refractivity contribution in [2.45, 2.75) is 71.6 Å². The lowest BCUT2D eigenvalue weighted by atomic mass is 10.0. The van der Waals surface area contributed by atoms with Crippen LogP contribution in [0.1, 0.15) is 53.5 Å². The van der Waals surface area contributed by atoms with Crippen LogP contribution in [0.25, 0.3) is 0 Å². The van der Waals surface area contributed by atoms with Gasteiger partial charge in [0, 0.05) is 0 Å². The second kappa shape index (κ2) is 8.18. The van der Waals surface area contributed by atoms with E-state index in [0.29, 0.717) is 12.8 Å². The molecule has 5 nitrogen and oxygen atoms in total. The molecule has 1 aromatic rings. The summed E-state index contributed by atoms with van der Waals surface area (Å²) < 4.78 is 10.7. The number of nitrogens with one attached hydrogen (secondary N) is 1. The van der Waals surface area contributed by atoms with E-state index in [1.807, 2.05) is 30.3 Å². The third-order valence-electron chi connectivity index (χ3n) is 2.95. The lowest BCUT2D eigenvalue weighted by Crippen LogP contribution is -2.46.